The second-order valence-corrected chi connectivity index (χ2v) is 5.08. The summed E-state index contributed by atoms with van der Waals surface area (Å²) in [5.41, 5.74) is 0.283. The normalized spacial score (nSPS) is 25.2. The first-order valence-corrected chi connectivity index (χ1v) is 6.23. The van der Waals surface area contributed by atoms with Crippen LogP contribution in [0.4, 0.5) is 10.5 Å². The maximum atomic E-state index is 11.9. The smallest absolute Gasteiger partial charge is 0.319 e. The molecule has 0 spiro atoms. The number of hydrogen-bond acceptors (Lipinski definition) is 4. The highest BCUT2D eigenvalue weighted by molar-refractivity contribution is 5.90. The molecule has 2 amide bonds. The molecule has 1 aliphatic rings. The lowest BCUT2D eigenvalue weighted by atomic mass is 9.85. The number of rotatable bonds is 3. The van der Waals surface area contributed by atoms with Crippen LogP contribution in [-0.2, 0) is 9.53 Å². The number of nitrogens with one attached hydrogen (secondary N) is 2. The zero-order valence-electron chi connectivity index (χ0n) is 11.3. The number of amides is 2. The van der Waals surface area contributed by atoms with Gasteiger partial charge < -0.3 is 20.5 Å². The minimum atomic E-state index is -1.11. The summed E-state index contributed by atoms with van der Waals surface area (Å²) >= 11 is 0. The van der Waals surface area contributed by atoms with Gasteiger partial charge in [-0.15, -0.1) is 0 Å². The Morgan fingerprint density at radius 2 is 2.25 bits per heavy atom. The van der Waals surface area contributed by atoms with Crippen molar-refractivity contribution in [1.29, 1.82) is 0 Å². The molecule has 1 saturated heterocycles. The predicted octanol–water partition coefficient (Wildman–Crippen LogP) is 1.00. The molecule has 7 nitrogen and oxygen atoms in total. The lowest BCUT2D eigenvalue weighted by Gasteiger charge is -2.25. The van der Waals surface area contributed by atoms with Gasteiger partial charge in [0.1, 0.15) is 5.41 Å². The van der Waals surface area contributed by atoms with Crippen molar-refractivity contribution < 1.29 is 19.4 Å². The fourth-order valence-electron chi connectivity index (χ4n) is 1.95. The van der Waals surface area contributed by atoms with Gasteiger partial charge in [-0.3, -0.25) is 9.78 Å². The van der Waals surface area contributed by atoms with Crippen LogP contribution in [0, 0.1) is 12.3 Å². The number of hydrogen-bond donors (Lipinski definition) is 3. The number of carbonyl (C=O) groups is 2. The largest absolute Gasteiger partial charge is 0.481 e. The number of carboxylic acids is 1. The highest BCUT2D eigenvalue weighted by atomic mass is 16.5. The fraction of sp³-hybridized carbons (Fsp3) is 0.462. The summed E-state index contributed by atoms with van der Waals surface area (Å²) in [6.07, 6.45) is 1.54. The van der Waals surface area contributed by atoms with Gasteiger partial charge >= 0.3 is 12.0 Å². The molecular weight excluding hydrogens is 262 g/mol. The lowest BCUT2D eigenvalue weighted by Crippen LogP contribution is -2.50. The average Bonchev–Trinajstić information content (AvgIpc) is 2.75. The molecule has 7 heteroatoms. The molecule has 0 saturated carbocycles. The Bertz CT molecular complexity index is 517. The first-order valence-electron chi connectivity index (χ1n) is 6.23. The lowest BCUT2D eigenvalue weighted by molar-refractivity contribution is -0.148. The SMILES string of the molecule is Cc1ccc(NC(=O)NC2COCC2(C)C(=O)O)cn1. The Labute approximate surface area is 116 Å². The first kappa shape index (κ1) is 14.3. The molecule has 2 rings (SSSR count). The fourth-order valence-corrected chi connectivity index (χ4v) is 1.95. The van der Waals surface area contributed by atoms with Crippen LogP contribution in [0.1, 0.15) is 12.6 Å². The highest BCUT2D eigenvalue weighted by Gasteiger charge is 2.47. The number of nitrogens with zero attached hydrogens (tertiary/aromatic N) is 1. The van der Waals surface area contributed by atoms with Gasteiger partial charge in [0, 0.05) is 5.69 Å². The molecule has 0 aliphatic carbocycles. The summed E-state index contributed by atoms with van der Waals surface area (Å²) in [7, 11) is 0. The molecule has 0 bridgehead atoms. The highest BCUT2D eigenvalue weighted by Crippen LogP contribution is 2.28. The molecule has 1 fully saturated rings. The van der Waals surface area contributed by atoms with E-state index in [2.05, 4.69) is 15.6 Å². The van der Waals surface area contributed by atoms with Crippen molar-refractivity contribution in [1.82, 2.24) is 10.3 Å². The summed E-state index contributed by atoms with van der Waals surface area (Å²) in [5, 5.41) is 14.5. The molecule has 1 aromatic heterocycles. The van der Waals surface area contributed by atoms with E-state index in [0.29, 0.717) is 5.69 Å². The summed E-state index contributed by atoms with van der Waals surface area (Å²) in [4.78, 5) is 27.2. The van der Waals surface area contributed by atoms with Gasteiger partial charge in [-0.1, -0.05) is 0 Å². The van der Waals surface area contributed by atoms with Crippen molar-refractivity contribution in [3.8, 4) is 0 Å². The van der Waals surface area contributed by atoms with Crippen LogP contribution >= 0.6 is 0 Å². The van der Waals surface area contributed by atoms with Crippen LogP contribution < -0.4 is 10.6 Å². The Kier molecular flexibility index (Phi) is 3.89. The van der Waals surface area contributed by atoms with E-state index in [1.807, 2.05) is 6.92 Å². The minimum Gasteiger partial charge on any atom is -0.481 e. The zero-order valence-corrected chi connectivity index (χ0v) is 11.3. The second kappa shape index (κ2) is 5.46. The van der Waals surface area contributed by atoms with Gasteiger partial charge in [0.15, 0.2) is 0 Å². The summed E-state index contributed by atoms with van der Waals surface area (Å²) in [6.45, 7) is 3.67. The van der Waals surface area contributed by atoms with Crippen LogP contribution in [0.15, 0.2) is 18.3 Å². The standard InChI is InChI=1S/C13H17N3O4/c1-8-3-4-9(5-14-8)15-12(19)16-10-6-20-7-13(10,2)11(17)18/h3-5,10H,6-7H2,1-2H3,(H,17,18)(H2,15,16,19). The maximum Gasteiger partial charge on any atom is 0.319 e. The number of aromatic nitrogens is 1. The molecule has 2 unspecified atom stereocenters. The van der Waals surface area contributed by atoms with Crippen molar-refractivity contribution in [3.05, 3.63) is 24.0 Å². The number of ether oxygens (including phenoxy) is 1. The molecule has 20 heavy (non-hydrogen) atoms. The zero-order chi connectivity index (χ0) is 14.8. The third-order valence-corrected chi connectivity index (χ3v) is 3.42. The van der Waals surface area contributed by atoms with Gasteiger partial charge in [-0.25, -0.2) is 4.79 Å². The molecule has 1 aromatic rings. The molecule has 1 aliphatic heterocycles. The number of pyridine rings is 1. The van der Waals surface area contributed by atoms with Gasteiger partial charge in [0.2, 0.25) is 0 Å². The minimum absolute atomic E-state index is 0.0827. The third-order valence-electron chi connectivity index (χ3n) is 3.42. The topological polar surface area (TPSA) is 101 Å². The predicted molar refractivity (Wildman–Crippen MR) is 71.5 cm³/mol. The van der Waals surface area contributed by atoms with Crippen molar-refractivity contribution >= 4 is 17.7 Å². The van der Waals surface area contributed by atoms with Crippen LogP contribution in [0.5, 0.6) is 0 Å². The van der Waals surface area contributed by atoms with Crippen molar-refractivity contribution in [2.24, 2.45) is 5.41 Å². The first-order chi connectivity index (χ1) is 9.41. The Morgan fingerprint density at radius 3 is 2.85 bits per heavy atom. The average molecular weight is 279 g/mol. The monoisotopic (exact) mass is 279 g/mol. The molecular formula is C13H17N3O4. The van der Waals surface area contributed by atoms with E-state index in [0.717, 1.165) is 5.69 Å². The van der Waals surface area contributed by atoms with Gasteiger partial charge in [-0.05, 0) is 26.0 Å². The van der Waals surface area contributed by atoms with Crippen LogP contribution in [0.2, 0.25) is 0 Å². The van der Waals surface area contributed by atoms with E-state index in [-0.39, 0.29) is 13.2 Å². The number of urea groups is 1. The van der Waals surface area contributed by atoms with Crippen LogP contribution in [0.25, 0.3) is 0 Å². The van der Waals surface area contributed by atoms with Crippen molar-refractivity contribution in [3.63, 3.8) is 0 Å². The summed E-state index contributed by atoms with van der Waals surface area (Å²) in [5.74, 6) is -0.989. The molecule has 0 aromatic carbocycles. The molecule has 0 radical (unpaired) electrons. The Hall–Kier alpha value is -2.15. The maximum absolute atomic E-state index is 11.9. The van der Waals surface area contributed by atoms with Crippen molar-refractivity contribution in [2.45, 2.75) is 19.9 Å². The second-order valence-electron chi connectivity index (χ2n) is 5.08. The van der Waals surface area contributed by atoms with Crippen molar-refractivity contribution in [2.75, 3.05) is 18.5 Å². The van der Waals surface area contributed by atoms with E-state index >= 15 is 0 Å². The number of aliphatic carboxylic acids is 1. The van der Waals surface area contributed by atoms with Crippen LogP contribution in [0.3, 0.4) is 0 Å². The van der Waals surface area contributed by atoms with E-state index in [1.165, 1.54) is 6.20 Å². The van der Waals surface area contributed by atoms with Gasteiger partial charge in [-0.2, -0.15) is 0 Å². The van der Waals surface area contributed by atoms with E-state index in [1.54, 1.807) is 19.1 Å². The summed E-state index contributed by atoms with van der Waals surface area (Å²) < 4.78 is 5.17. The molecule has 108 valence electrons. The van der Waals surface area contributed by atoms with Crippen LogP contribution in [-0.4, -0.2) is 41.3 Å². The third kappa shape index (κ3) is 2.88. The van der Waals surface area contributed by atoms with E-state index in [9.17, 15) is 14.7 Å². The Morgan fingerprint density at radius 1 is 1.50 bits per heavy atom. The molecule has 2 atom stereocenters. The van der Waals surface area contributed by atoms with E-state index in [4.69, 9.17) is 4.74 Å². The number of carbonyl (C=O) groups excluding carboxylic acids is 1. The van der Waals surface area contributed by atoms with Gasteiger partial charge in [0.25, 0.3) is 0 Å². The van der Waals surface area contributed by atoms with E-state index < -0.39 is 23.5 Å². The molecule has 2 heterocycles. The number of aryl methyl sites for hydroxylation is 1. The van der Waals surface area contributed by atoms with Gasteiger partial charge in [0.05, 0.1) is 31.1 Å². The summed E-state index contributed by atoms with van der Waals surface area (Å²) in [6, 6.07) is 2.45. The Balaban J connectivity index is 1.98. The quantitative estimate of drug-likeness (QED) is 0.766. The number of anilines is 1. The number of carboxylic acid groups (broad SMARTS) is 1. The molecule has 3 N–H and O–H groups in total.